The van der Waals surface area contributed by atoms with Gasteiger partial charge in [-0.15, -0.1) is 0 Å². The Kier molecular flexibility index (Phi) is 3.50. The molecule has 0 amide bonds. The number of aryl methyl sites for hydroxylation is 1. The van der Waals surface area contributed by atoms with E-state index in [1.54, 1.807) is 23.0 Å². The van der Waals surface area contributed by atoms with E-state index in [1.807, 2.05) is 0 Å². The first-order valence-corrected chi connectivity index (χ1v) is 4.27. The van der Waals surface area contributed by atoms with Crippen LogP contribution in [0, 0.1) is 0 Å². The van der Waals surface area contributed by atoms with Crippen molar-refractivity contribution in [2.24, 2.45) is 0 Å². The molecule has 4 heteroatoms. The molecule has 0 spiro atoms. The van der Waals surface area contributed by atoms with Gasteiger partial charge in [-0.05, 0) is 6.07 Å². The molecule has 1 aromatic rings. The molecule has 12 heavy (non-hydrogen) atoms. The Hall–Kier alpha value is -0.600. The Labute approximate surface area is 80.7 Å². The van der Waals surface area contributed by atoms with Gasteiger partial charge in [0.25, 0.3) is 0 Å². The van der Waals surface area contributed by atoms with Gasteiger partial charge in [-0.2, -0.15) is 0 Å². The quantitative estimate of drug-likeness (QED) is 0.545. The first-order valence-electron chi connectivity index (χ1n) is 3.51. The van der Waals surface area contributed by atoms with Crippen molar-refractivity contribution in [3.05, 3.63) is 28.5 Å². The predicted octanol–water partition coefficient (Wildman–Crippen LogP) is 1.87. The lowest BCUT2D eigenvalue weighted by molar-refractivity contribution is -0.695. The number of nitrogens with zero attached hydrogens (tertiary/aromatic N) is 1. The fourth-order valence-electron chi connectivity index (χ4n) is 0.891. The zero-order valence-electron chi connectivity index (χ0n) is 6.34. The highest BCUT2D eigenvalue weighted by Gasteiger charge is 2.03. The molecule has 0 unspecified atom stereocenters. The summed E-state index contributed by atoms with van der Waals surface area (Å²) in [4.78, 5) is 10.1. The minimum atomic E-state index is 0.474. The fourth-order valence-corrected chi connectivity index (χ4v) is 1.43. The van der Waals surface area contributed by atoms with Gasteiger partial charge in [-0.1, -0.05) is 23.2 Å². The van der Waals surface area contributed by atoms with E-state index in [1.165, 1.54) is 0 Å². The van der Waals surface area contributed by atoms with Gasteiger partial charge < -0.3 is 4.79 Å². The number of aldehydes is 1. The summed E-state index contributed by atoms with van der Waals surface area (Å²) in [7, 11) is 0. The van der Waals surface area contributed by atoms with Gasteiger partial charge in [0.1, 0.15) is 16.3 Å². The van der Waals surface area contributed by atoms with E-state index in [0.717, 1.165) is 6.29 Å². The van der Waals surface area contributed by atoms with Crippen molar-refractivity contribution >= 4 is 29.5 Å². The molecule has 64 valence electrons. The maximum absolute atomic E-state index is 10.1. The van der Waals surface area contributed by atoms with Gasteiger partial charge in [0, 0.05) is 0 Å². The lowest BCUT2D eigenvalue weighted by Gasteiger charge is -1.94. The topological polar surface area (TPSA) is 20.9 Å². The van der Waals surface area contributed by atoms with Crippen molar-refractivity contribution < 1.29 is 9.36 Å². The summed E-state index contributed by atoms with van der Waals surface area (Å²) in [6, 6.07) is 1.65. The summed E-state index contributed by atoms with van der Waals surface area (Å²) in [5.74, 6) is 0. The molecule has 0 atom stereocenters. The third-order valence-electron chi connectivity index (χ3n) is 1.36. The summed E-state index contributed by atoms with van der Waals surface area (Å²) in [6.45, 7) is 0.615. The number of pyridine rings is 1. The van der Waals surface area contributed by atoms with Crippen molar-refractivity contribution in [2.45, 2.75) is 13.0 Å². The van der Waals surface area contributed by atoms with Crippen molar-refractivity contribution in [1.82, 2.24) is 0 Å². The monoisotopic (exact) mass is 204 g/mol. The SMILES string of the molecule is O=CCC[n+]1cc(Cl)cc(Cl)c1. The zero-order chi connectivity index (χ0) is 8.97. The van der Waals surface area contributed by atoms with Crippen LogP contribution in [0.4, 0.5) is 0 Å². The van der Waals surface area contributed by atoms with Crippen LogP contribution < -0.4 is 4.57 Å². The Bertz CT molecular complexity index is 268. The highest BCUT2D eigenvalue weighted by atomic mass is 35.5. The number of carbonyl (C=O) groups excluding carboxylic acids is 1. The average molecular weight is 205 g/mol. The molecule has 0 N–H and O–H groups in total. The summed E-state index contributed by atoms with van der Waals surface area (Å²) in [5.41, 5.74) is 0. The van der Waals surface area contributed by atoms with Crippen LogP contribution in [0.1, 0.15) is 6.42 Å². The van der Waals surface area contributed by atoms with Crippen LogP contribution in [0.3, 0.4) is 0 Å². The number of aromatic nitrogens is 1. The van der Waals surface area contributed by atoms with Gasteiger partial charge >= 0.3 is 0 Å². The van der Waals surface area contributed by atoms with Crippen LogP contribution in [0.15, 0.2) is 18.5 Å². The Morgan fingerprint density at radius 1 is 1.33 bits per heavy atom. The van der Waals surface area contributed by atoms with Gasteiger partial charge in [-0.25, -0.2) is 4.57 Å². The van der Waals surface area contributed by atoms with E-state index < -0.39 is 0 Å². The van der Waals surface area contributed by atoms with Crippen molar-refractivity contribution in [3.8, 4) is 0 Å². The van der Waals surface area contributed by atoms with Crippen LogP contribution in [0.2, 0.25) is 10.0 Å². The number of hydrogen-bond donors (Lipinski definition) is 0. The van der Waals surface area contributed by atoms with Gasteiger partial charge in [0.15, 0.2) is 18.9 Å². The first-order chi connectivity index (χ1) is 5.72. The van der Waals surface area contributed by atoms with Crippen molar-refractivity contribution in [2.75, 3.05) is 0 Å². The summed E-state index contributed by atoms with van der Waals surface area (Å²) in [6.07, 6.45) is 4.80. The van der Waals surface area contributed by atoms with E-state index >= 15 is 0 Å². The molecule has 0 radical (unpaired) electrons. The van der Waals surface area contributed by atoms with Gasteiger partial charge in [0.05, 0.1) is 6.42 Å². The fraction of sp³-hybridized carbons (Fsp3) is 0.250. The number of hydrogen-bond acceptors (Lipinski definition) is 1. The molecule has 1 rings (SSSR count). The molecular formula is C8H8Cl2NO+. The average Bonchev–Trinajstić information content (AvgIpc) is 1.99. The van der Waals surface area contributed by atoms with Crippen LogP contribution in [-0.2, 0) is 11.3 Å². The van der Waals surface area contributed by atoms with Gasteiger partial charge in [0.2, 0.25) is 0 Å². The Morgan fingerprint density at radius 3 is 2.42 bits per heavy atom. The molecule has 0 saturated carbocycles. The second kappa shape index (κ2) is 4.43. The normalized spacial score (nSPS) is 9.83. The molecule has 0 aromatic carbocycles. The van der Waals surface area contributed by atoms with Gasteiger partial charge in [-0.3, -0.25) is 0 Å². The van der Waals surface area contributed by atoms with E-state index in [0.29, 0.717) is 23.0 Å². The minimum absolute atomic E-state index is 0.474. The van der Waals surface area contributed by atoms with E-state index in [-0.39, 0.29) is 0 Å². The van der Waals surface area contributed by atoms with Crippen LogP contribution in [-0.4, -0.2) is 6.29 Å². The Morgan fingerprint density at radius 2 is 1.92 bits per heavy atom. The molecule has 1 heterocycles. The molecule has 2 nitrogen and oxygen atoms in total. The number of carbonyl (C=O) groups is 1. The summed E-state index contributed by atoms with van der Waals surface area (Å²) in [5, 5.41) is 1.15. The third-order valence-corrected chi connectivity index (χ3v) is 1.77. The van der Waals surface area contributed by atoms with Crippen molar-refractivity contribution in [1.29, 1.82) is 0 Å². The molecule has 0 saturated heterocycles. The van der Waals surface area contributed by atoms with E-state index in [4.69, 9.17) is 23.2 Å². The molecule has 0 bridgehead atoms. The third kappa shape index (κ3) is 2.80. The Balaban J connectivity index is 2.78. The summed E-state index contributed by atoms with van der Waals surface area (Å²) >= 11 is 11.5. The second-order valence-electron chi connectivity index (χ2n) is 2.37. The van der Waals surface area contributed by atoms with Crippen molar-refractivity contribution in [3.63, 3.8) is 0 Å². The predicted molar refractivity (Wildman–Crippen MR) is 47.3 cm³/mol. The second-order valence-corrected chi connectivity index (χ2v) is 3.24. The van der Waals surface area contributed by atoms with E-state index in [2.05, 4.69) is 0 Å². The molecule has 1 aromatic heterocycles. The highest BCUT2D eigenvalue weighted by Crippen LogP contribution is 2.11. The van der Waals surface area contributed by atoms with Crippen LogP contribution >= 0.6 is 23.2 Å². The molecular weight excluding hydrogens is 197 g/mol. The smallest absolute Gasteiger partial charge is 0.187 e. The molecule has 0 aliphatic heterocycles. The maximum atomic E-state index is 10.1. The highest BCUT2D eigenvalue weighted by molar-refractivity contribution is 6.34. The standard InChI is InChI=1S/C8H8Cl2NO/c9-7-4-8(10)6-11(5-7)2-1-3-12/h3-6H,1-2H2/q+1. The van der Waals surface area contributed by atoms with Crippen LogP contribution in [0.25, 0.3) is 0 Å². The first kappa shape index (κ1) is 9.49. The number of rotatable bonds is 3. The molecule has 0 aliphatic rings. The van der Waals surface area contributed by atoms with E-state index in [9.17, 15) is 4.79 Å². The lowest BCUT2D eigenvalue weighted by Crippen LogP contribution is -2.33. The zero-order valence-corrected chi connectivity index (χ0v) is 7.85. The molecule has 0 fully saturated rings. The largest absolute Gasteiger partial charge is 0.303 e. The summed E-state index contributed by atoms with van der Waals surface area (Å²) < 4.78 is 1.79. The maximum Gasteiger partial charge on any atom is 0.187 e. The minimum Gasteiger partial charge on any atom is -0.303 e. The molecule has 0 aliphatic carbocycles. The number of halogens is 2. The van der Waals surface area contributed by atoms with Crippen LogP contribution in [0.5, 0.6) is 0 Å². The lowest BCUT2D eigenvalue weighted by atomic mass is 10.4.